The van der Waals surface area contributed by atoms with E-state index in [2.05, 4.69) is 5.32 Å². The standard InChI is InChI=1S/C23H27NO3/c1-23(2,22(26)27-3)18-14-15-19(25)20(18)21(16-10-6-4-7-11-16)24-17-12-8-5-9-13-17/h4-13,18,20-21,24H,14-15H2,1-3H3/t18-,20+,21+/m0/s1. The Kier molecular flexibility index (Phi) is 5.64. The normalized spacial score (nSPS) is 20.9. The Morgan fingerprint density at radius 2 is 1.67 bits per heavy atom. The molecule has 3 atom stereocenters. The van der Waals surface area contributed by atoms with E-state index in [4.69, 9.17) is 4.74 Å². The predicted octanol–water partition coefficient (Wildman–Crippen LogP) is 4.63. The first-order chi connectivity index (χ1) is 12.9. The third-order valence-corrected chi connectivity index (χ3v) is 5.76. The number of carbonyl (C=O) groups is 2. The van der Waals surface area contributed by atoms with Crippen LogP contribution in [-0.4, -0.2) is 18.9 Å². The Labute approximate surface area is 160 Å². The van der Waals surface area contributed by atoms with Crippen LogP contribution in [0.5, 0.6) is 0 Å². The molecule has 1 fully saturated rings. The molecule has 1 aliphatic carbocycles. The molecule has 4 heteroatoms. The van der Waals surface area contributed by atoms with Crippen LogP contribution in [0.4, 0.5) is 5.69 Å². The van der Waals surface area contributed by atoms with Crippen LogP contribution in [0.25, 0.3) is 0 Å². The van der Waals surface area contributed by atoms with E-state index in [9.17, 15) is 9.59 Å². The van der Waals surface area contributed by atoms with Crippen molar-refractivity contribution in [2.75, 3.05) is 12.4 Å². The highest BCUT2D eigenvalue weighted by Crippen LogP contribution is 2.48. The minimum atomic E-state index is -0.725. The van der Waals surface area contributed by atoms with Crippen molar-refractivity contribution >= 4 is 17.4 Å². The lowest BCUT2D eigenvalue weighted by molar-refractivity contribution is -0.155. The molecule has 2 aromatic rings. The summed E-state index contributed by atoms with van der Waals surface area (Å²) in [6, 6.07) is 19.7. The fraction of sp³-hybridized carbons (Fsp3) is 0.391. The molecule has 0 aliphatic heterocycles. The third kappa shape index (κ3) is 3.90. The summed E-state index contributed by atoms with van der Waals surface area (Å²) < 4.78 is 5.04. The van der Waals surface area contributed by atoms with Gasteiger partial charge in [0.25, 0.3) is 0 Å². The molecule has 0 spiro atoms. The quantitative estimate of drug-likeness (QED) is 0.758. The van der Waals surface area contributed by atoms with E-state index in [-0.39, 0.29) is 29.6 Å². The van der Waals surface area contributed by atoms with Crippen molar-refractivity contribution in [1.29, 1.82) is 0 Å². The zero-order valence-corrected chi connectivity index (χ0v) is 16.1. The summed E-state index contributed by atoms with van der Waals surface area (Å²) in [6.45, 7) is 3.78. The van der Waals surface area contributed by atoms with Crippen LogP contribution in [-0.2, 0) is 14.3 Å². The fourth-order valence-electron chi connectivity index (χ4n) is 4.27. The second-order valence-electron chi connectivity index (χ2n) is 7.75. The molecule has 3 rings (SSSR count). The maximum absolute atomic E-state index is 13.0. The zero-order valence-electron chi connectivity index (χ0n) is 16.1. The van der Waals surface area contributed by atoms with Crippen molar-refractivity contribution in [2.45, 2.75) is 32.7 Å². The first kappa shape index (κ1) is 19.2. The van der Waals surface area contributed by atoms with Crippen molar-refractivity contribution in [3.63, 3.8) is 0 Å². The number of methoxy groups -OCH3 is 1. The predicted molar refractivity (Wildman–Crippen MR) is 106 cm³/mol. The first-order valence-electron chi connectivity index (χ1n) is 9.43. The second kappa shape index (κ2) is 7.95. The van der Waals surface area contributed by atoms with Crippen molar-refractivity contribution < 1.29 is 14.3 Å². The Hall–Kier alpha value is -2.62. The summed E-state index contributed by atoms with van der Waals surface area (Å²) in [6.07, 6.45) is 1.20. The van der Waals surface area contributed by atoms with Crippen LogP contribution in [0.2, 0.25) is 0 Å². The number of hydrogen-bond donors (Lipinski definition) is 1. The van der Waals surface area contributed by atoms with Gasteiger partial charge in [0.2, 0.25) is 0 Å². The maximum atomic E-state index is 13.0. The average Bonchev–Trinajstić information content (AvgIpc) is 3.09. The van der Waals surface area contributed by atoms with Gasteiger partial charge in [-0.1, -0.05) is 48.5 Å². The van der Waals surface area contributed by atoms with E-state index in [0.717, 1.165) is 11.3 Å². The van der Waals surface area contributed by atoms with Crippen molar-refractivity contribution in [3.8, 4) is 0 Å². The van der Waals surface area contributed by atoms with Gasteiger partial charge in [0.05, 0.1) is 18.6 Å². The summed E-state index contributed by atoms with van der Waals surface area (Å²) in [5.74, 6) is -0.437. The number of carbonyl (C=O) groups excluding carboxylic acids is 2. The van der Waals surface area contributed by atoms with Gasteiger partial charge in [-0.3, -0.25) is 9.59 Å². The monoisotopic (exact) mass is 365 g/mol. The number of ether oxygens (including phenoxy) is 1. The van der Waals surface area contributed by atoms with E-state index < -0.39 is 5.41 Å². The number of para-hydroxylation sites is 1. The Bertz CT molecular complexity index is 786. The van der Waals surface area contributed by atoms with Gasteiger partial charge in [-0.2, -0.15) is 0 Å². The average molecular weight is 365 g/mol. The van der Waals surface area contributed by atoms with Crippen LogP contribution in [0.3, 0.4) is 0 Å². The highest BCUT2D eigenvalue weighted by Gasteiger charge is 2.51. The summed E-state index contributed by atoms with van der Waals surface area (Å²) >= 11 is 0. The molecule has 0 amide bonds. The van der Waals surface area contributed by atoms with E-state index >= 15 is 0 Å². The molecule has 1 saturated carbocycles. The van der Waals surface area contributed by atoms with E-state index in [1.807, 2.05) is 74.5 Å². The van der Waals surface area contributed by atoms with E-state index in [1.54, 1.807) is 0 Å². The topological polar surface area (TPSA) is 55.4 Å². The number of esters is 1. The van der Waals surface area contributed by atoms with Crippen LogP contribution in [0.1, 0.15) is 38.3 Å². The van der Waals surface area contributed by atoms with Gasteiger partial charge >= 0.3 is 5.97 Å². The number of benzene rings is 2. The SMILES string of the molecule is COC(=O)C(C)(C)[C@H]1CCC(=O)[C@@H]1[C@H](Nc1ccccc1)c1ccccc1. The zero-order chi connectivity index (χ0) is 19.4. The molecule has 0 radical (unpaired) electrons. The van der Waals surface area contributed by atoms with Gasteiger partial charge in [-0.05, 0) is 43.9 Å². The largest absolute Gasteiger partial charge is 0.469 e. The Morgan fingerprint density at radius 1 is 1.07 bits per heavy atom. The summed E-state index contributed by atoms with van der Waals surface area (Å²) in [7, 11) is 1.41. The molecule has 0 bridgehead atoms. The number of ketones is 1. The van der Waals surface area contributed by atoms with Gasteiger partial charge in [0, 0.05) is 18.0 Å². The molecule has 0 heterocycles. The molecular weight excluding hydrogens is 338 g/mol. The van der Waals surface area contributed by atoms with Crippen LogP contribution < -0.4 is 5.32 Å². The first-order valence-corrected chi connectivity index (χ1v) is 9.43. The number of anilines is 1. The molecular formula is C23H27NO3. The number of hydrogen-bond acceptors (Lipinski definition) is 4. The highest BCUT2D eigenvalue weighted by atomic mass is 16.5. The second-order valence-corrected chi connectivity index (χ2v) is 7.75. The van der Waals surface area contributed by atoms with Crippen LogP contribution in [0.15, 0.2) is 60.7 Å². The molecule has 1 aliphatic rings. The Morgan fingerprint density at radius 3 is 2.26 bits per heavy atom. The summed E-state index contributed by atoms with van der Waals surface area (Å²) in [5.41, 5.74) is 1.28. The molecule has 27 heavy (non-hydrogen) atoms. The fourth-order valence-corrected chi connectivity index (χ4v) is 4.27. The third-order valence-electron chi connectivity index (χ3n) is 5.76. The lowest BCUT2D eigenvalue weighted by atomic mass is 9.70. The maximum Gasteiger partial charge on any atom is 0.311 e. The number of Topliss-reactive ketones (excluding diaryl/α,β-unsaturated/α-hetero) is 1. The molecule has 1 N–H and O–H groups in total. The molecule has 0 aromatic heterocycles. The molecule has 4 nitrogen and oxygen atoms in total. The summed E-state index contributed by atoms with van der Waals surface area (Å²) in [4.78, 5) is 25.4. The lowest BCUT2D eigenvalue weighted by Crippen LogP contribution is -2.40. The minimum Gasteiger partial charge on any atom is -0.469 e. The van der Waals surface area contributed by atoms with Crippen molar-refractivity contribution in [1.82, 2.24) is 0 Å². The molecule has 0 saturated heterocycles. The van der Waals surface area contributed by atoms with Gasteiger partial charge in [0.15, 0.2) is 0 Å². The Balaban J connectivity index is 2.01. The van der Waals surface area contributed by atoms with Crippen LogP contribution >= 0.6 is 0 Å². The number of rotatable bonds is 6. The van der Waals surface area contributed by atoms with E-state index in [0.29, 0.717) is 12.8 Å². The van der Waals surface area contributed by atoms with Gasteiger partial charge in [0.1, 0.15) is 5.78 Å². The van der Waals surface area contributed by atoms with Gasteiger partial charge in [-0.25, -0.2) is 0 Å². The molecule has 142 valence electrons. The van der Waals surface area contributed by atoms with Crippen molar-refractivity contribution in [2.24, 2.45) is 17.3 Å². The van der Waals surface area contributed by atoms with Gasteiger partial charge < -0.3 is 10.1 Å². The number of nitrogens with one attached hydrogen (secondary N) is 1. The minimum absolute atomic E-state index is 0.0844. The smallest absolute Gasteiger partial charge is 0.311 e. The molecule has 2 aromatic carbocycles. The van der Waals surface area contributed by atoms with Crippen molar-refractivity contribution in [3.05, 3.63) is 66.2 Å². The lowest BCUT2D eigenvalue weighted by Gasteiger charge is -2.37. The highest BCUT2D eigenvalue weighted by molar-refractivity contribution is 5.87. The van der Waals surface area contributed by atoms with E-state index in [1.165, 1.54) is 7.11 Å². The van der Waals surface area contributed by atoms with Crippen LogP contribution in [0, 0.1) is 17.3 Å². The molecule has 0 unspecified atom stereocenters. The summed E-state index contributed by atoms with van der Waals surface area (Å²) in [5, 5.41) is 3.55. The van der Waals surface area contributed by atoms with Gasteiger partial charge in [-0.15, -0.1) is 0 Å².